The third kappa shape index (κ3) is 3.29. The van der Waals surface area contributed by atoms with Crippen molar-refractivity contribution in [3.05, 3.63) is 73.9 Å². The molecule has 0 saturated carbocycles. The lowest BCUT2D eigenvalue weighted by atomic mass is 10.2. The highest BCUT2D eigenvalue weighted by molar-refractivity contribution is 7.71. The van der Waals surface area contributed by atoms with Gasteiger partial charge in [0.1, 0.15) is 10.4 Å². The Labute approximate surface area is 147 Å². The number of non-ortho nitro benzene ring substituents is 1. The second-order valence-electron chi connectivity index (χ2n) is 5.23. The van der Waals surface area contributed by atoms with Gasteiger partial charge in [0, 0.05) is 18.3 Å². The summed E-state index contributed by atoms with van der Waals surface area (Å²) >= 11 is 5.46. The highest BCUT2D eigenvalue weighted by Crippen LogP contribution is 2.27. The zero-order chi connectivity index (χ0) is 18.0. The van der Waals surface area contributed by atoms with Gasteiger partial charge in [-0.25, -0.2) is 4.68 Å². The monoisotopic (exact) mass is 354 g/mol. The first kappa shape index (κ1) is 16.5. The molecule has 0 saturated heterocycles. The first-order chi connectivity index (χ1) is 12.0. The van der Waals surface area contributed by atoms with Crippen LogP contribution in [0.2, 0.25) is 0 Å². The summed E-state index contributed by atoms with van der Waals surface area (Å²) in [6.07, 6.45) is 1.55. The molecule has 126 valence electrons. The summed E-state index contributed by atoms with van der Waals surface area (Å²) in [6, 6.07) is 13.2. The van der Waals surface area contributed by atoms with E-state index in [-0.39, 0.29) is 17.1 Å². The Kier molecular flexibility index (Phi) is 4.36. The number of nitrogens with zero attached hydrogens (tertiary/aromatic N) is 2. The van der Waals surface area contributed by atoms with Gasteiger partial charge in [-0.15, -0.1) is 0 Å². The Morgan fingerprint density at radius 3 is 2.68 bits per heavy atom. The first-order valence-corrected chi connectivity index (χ1v) is 7.68. The molecular formula is C17H14N4O3S. The maximum absolute atomic E-state index is 10.9. The molecule has 8 heteroatoms. The molecule has 0 bridgehead atoms. The van der Waals surface area contributed by atoms with Gasteiger partial charge in [-0.2, -0.15) is 0 Å². The van der Waals surface area contributed by atoms with Gasteiger partial charge >= 0.3 is 0 Å². The number of hydrogen-bond acceptors (Lipinski definition) is 5. The number of para-hydroxylation sites is 1. The van der Waals surface area contributed by atoms with E-state index in [1.54, 1.807) is 10.9 Å². The van der Waals surface area contributed by atoms with Gasteiger partial charge in [0.2, 0.25) is 0 Å². The minimum atomic E-state index is -0.532. The largest absolute Gasteiger partial charge is 0.506 e. The van der Waals surface area contributed by atoms with Gasteiger partial charge in [0.15, 0.2) is 0 Å². The van der Waals surface area contributed by atoms with Crippen molar-refractivity contribution in [2.45, 2.75) is 0 Å². The third-order valence-electron chi connectivity index (χ3n) is 3.58. The summed E-state index contributed by atoms with van der Waals surface area (Å²) in [6.45, 7) is 3.92. The van der Waals surface area contributed by atoms with Crippen LogP contribution in [0.25, 0.3) is 18.5 Å². The number of H-pyrrole nitrogens is 1. The van der Waals surface area contributed by atoms with Crippen LogP contribution in [0.5, 0.6) is 5.75 Å². The van der Waals surface area contributed by atoms with Crippen LogP contribution in [-0.2, 0) is 0 Å². The third-order valence-corrected chi connectivity index (χ3v) is 3.99. The molecule has 3 rings (SSSR count). The average Bonchev–Trinajstić information content (AvgIpc) is 2.89. The number of hydrogen-bond donors (Lipinski definition) is 3. The Bertz CT molecular complexity index is 1100. The van der Waals surface area contributed by atoms with Crippen molar-refractivity contribution in [1.82, 2.24) is 9.78 Å². The summed E-state index contributed by atoms with van der Waals surface area (Å²) in [7, 11) is 0. The standard InChI is InChI=1S/C17H14N4O3S/c1-11-14(17(25)20(19-11)12-5-3-2-4-6-12)10-18-15-9-13(21(23)24)7-8-16(15)22/h2-10,18-19,22H,1H2. The number of nitro benzene ring substituents is 1. The number of anilines is 1. The lowest BCUT2D eigenvalue weighted by molar-refractivity contribution is -0.384. The quantitative estimate of drug-likeness (QED) is 0.289. The molecule has 1 aromatic heterocycles. The topological polar surface area (TPSA) is 96.1 Å². The van der Waals surface area contributed by atoms with E-state index in [1.165, 1.54) is 18.2 Å². The van der Waals surface area contributed by atoms with Gasteiger partial charge in [0.05, 0.1) is 26.9 Å². The van der Waals surface area contributed by atoms with Crippen LogP contribution in [0.15, 0.2) is 48.5 Å². The Morgan fingerprint density at radius 1 is 1.28 bits per heavy atom. The number of rotatable bonds is 4. The molecule has 0 aliphatic rings. The highest BCUT2D eigenvalue weighted by Gasteiger charge is 2.09. The molecule has 3 aromatic rings. The molecule has 0 spiro atoms. The van der Waals surface area contributed by atoms with E-state index in [9.17, 15) is 15.2 Å². The fourth-order valence-corrected chi connectivity index (χ4v) is 2.64. The molecular weight excluding hydrogens is 340 g/mol. The van der Waals surface area contributed by atoms with Crippen LogP contribution >= 0.6 is 12.2 Å². The smallest absolute Gasteiger partial charge is 0.271 e. The summed E-state index contributed by atoms with van der Waals surface area (Å²) in [5.74, 6) is -0.107. The van der Waals surface area contributed by atoms with Crippen LogP contribution in [0.3, 0.4) is 0 Å². The number of phenolic OH excluding ortho intramolecular Hbond substituents is 1. The SMILES string of the molecule is C=c1[nH]n(-c2ccccc2)c(=S)c1=CNc1cc([N+](=O)[O-])ccc1O. The molecule has 0 amide bonds. The van der Waals surface area contributed by atoms with Crippen LogP contribution in [0.4, 0.5) is 11.4 Å². The predicted molar refractivity (Wildman–Crippen MR) is 98.6 cm³/mol. The van der Waals surface area contributed by atoms with Gasteiger partial charge in [-0.05, 0) is 18.2 Å². The van der Waals surface area contributed by atoms with Crippen LogP contribution in [-0.4, -0.2) is 19.8 Å². The van der Waals surface area contributed by atoms with Crippen molar-refractivity contribution in [3.8, 4) is 11.4 Å². The first-order valence-electron chi connectivity index (χ1n) is 7.27. The van der Waals surface area contributed by atoms with Gasteiger partial charge in [0.25, 0.3) is 5.69 Å². The molecule has 1 heterocycles. The number of benzene rings is 2. The fourth-order valence-electron chi connectivity index (χ4n) is 2.31. The summed E-state index contributed by atoms with van der Waals surface area (Å²) < 4.78 is 2.20. The lowest BCUT2D eigenvalue weighted by Gasteiger charge is -2.03. The fraction of sp³-hybridized carbons (Fsp3) is 0. The molecule has 7 nitrogen and oxygen atoms in total. The minimum Gasteiger partial charge on any atom is -0.506 e. The molecule has 3 N–H and O–H groups in total. The van der Waals surface area contributed by atoms with Gasteiger partial charge in [-0.3, -0.25) is 15.2 Å². The van der Waals surface area contributed by atoms with E-state index in [1.807, 2.05) is 30.3 Å². The number of nitrogens with one attached hydrogen (secondary N) is 2. The lowest BCUT2D eigenvalue weighted by Crippen LogP contribution is -2.22. The van der Waals surface area contributed by atoms with Crippen molar-refractivity contribution in [2.75, 3.05) is 5.32 Å². The molecule has 0 radical (unpaired) electrons. The van der Waals surface area contributed by atoms with Crippen LogP contribution in [0, 0.1) is 14.8 Å². The number of aromatic nitrogens is 2. The zero-order valence-electron chi connectivity index (χ0n) is 13.0. The Hall–Kier alpha value is -3.39. The minimum absolute atomic E-state index is 0.107. The van der Waals surface area contributed by atoms with E-state index < -0.39 is 4.92 Å². The molecule has 0 fully saturated rings. The van der Waals surface area contributed by atoms with E-state index >= 15 is 0 Å². The van der Waals surface area contributed by atoms with Crippen molar-refractivity contribution in [2.24, 2.45) is 0 Å². The summed E-state index contributed by atoms with van der Waals surface area (Å²) in [4.78, 5) is 10.3. The normalized spacial score (nSPS) is 11.4. The van der Waals surface area contributed by atoms with Crippen molar-refractivity contribution >= 4 is 36.4 Å². The Morgan fingerprint density at radius 2 is 2.00 bits per heavy atom. The van der Waals surface area contributed by atoms with Crippen LogP contribution in [0.1, 0.15) is 0 Å². The van der Waals surface area contributed by atoms with E-state index in [2.05, 4.69) is 17.0 Å². The Balaban J connectivity index is 2.03. The van der Waals surface area contributed by atoms with E-state index in [0.717, 1.165) is 5.69 Å². The second-order valence-corrected chi connectivity index (χ2v) is 5.61. The molecule has 0 aliphatic heterocycles. The van der Waals surface area contributed by atoms with Gasteiger partial charge in [-0.1, -0.05) is 37.0 Å². The maximum atomic E-state index is 10.9. The predicted octanol–water partition coefficient (Wildman–Crippen LogP) is 2.41. The molecule has 0 aliphatic carbocycles. The summed E-state index contributed by atoms with van der Waals surface area (Å²) in [5, 5.41) is 27.8. The van der Waals surface area contributed by atoms with E-state index in [4.69, 9.17) is 12.2 Å². The van der Waals surface area contributed by atoms with Crippen molar-refractivity contribution in [1.29, 1.82) is 0 Å². The highest BCUT2D eigenvalue weighted by atomic mass is 32.1. The molecule has 25 heavy (non-hydrogen) atoms. The average molecular weight is 354 g/mol. The number of aromatic hydroxyl groups is 1. The van der Waals surface area contributed by atoms with Crippen molar-refractivity contribution in [3.63, 3.8) is 0 Å². The number of nitro groups is 1. The van der Waals surface area contributed by atoms with Crippen molar-refractivity contribution < 1.29 is 10.0 Å². The number of phenols is 1. The van der Waals surface area contributed by atoms with Gasteiger partial charge < -0.3 is 10.4 Å². The maximum Gasteiger partial charge on any atom is 0.271 e. The van der Waals surface area contributed by atoms with Crippen LogP contribution < -0.4 is 15.9 Å². The molecule has 0 atom stereocenters. The molecule has 2 aromatic carbocycles. The summed E-state index contributed by atoms with van der Waals surface area (Å²) in [5.41, 5.74) is 0.932. The second kappa shape index (κ2) is 6.62. The number of aromatic amines is 1. The zero-order valence-corrected chi connectivity index (χ0v) is 13.8. The molecule has 0 unspecified atom stereocenters. The van der Waals surface area contributed by atoms with E-state index in [0.29, 0.717) is 15.2 Å².